The fourth-order valence-electron chi connectivity index (χ4n) is 5.84. The van der Waals surface area contributed by atoms with Gasteiger partial charge in [0.1, 0.15) is 0 Å². The minimum absolute atomic E-state index is 0.0575. The zero-order valence-corrected chi connectivity index (χ0v) is 19.5. The number of nitrogens with one attached hydrogen (secondary N) is 3. The van der Waals surface area contributed by atoms with Crippen molar-refractivity contribution in [1.29, 1.82) is 0 Å². The van der Waals surface area contributed by atoms with E-state index in [-0.39, 0.29) is 48.0 Å². The Labute approximate surface area is 193 Å². The zero-order chi connectivity index (χ0) is 22.5. The summed E-state index contributed by atoms with van der Waals surface area (Å²) >= 11 is 6.31. The molecule has 174 valence electrons. The molecule has 0 aromatic heterocycles. The van der Waals surface area contributed by atoms with Crippen molar-refractivity contribution in [3.8, 4) is 0 Å². The number of amides is 2. The van der Waals surface area contributed by atoms with Crippen LogP contribution in [-0.2, 0) is 21.2 Å². The number of halogens is 1. The first kappa shape index (κ1) is 22.1. The van der Waals surface area contributed by atoms with Gasteiger partial charge in [0.15, 0.2) is 0 Å². The molecule has 2 amide bonds. The Morgan fingerprint density at radius 1 is 1.19 bits per heavy atom. The first-order valence-electron chi connectivity index (χ1n) is 11.5. The Morgan fingerprint density at radius 3 is 2.62 bits per heavy atom. The molecule has 3 fully saturated rings. The number of nitrogens with zero attached hydrogens (tertiary/aromatic N) is 1. The second kappa shape index (κ2) is 8.59. The number of fused-ring (bicyclic) bond motifs is 3. The largest absolute Gasteiger partial charge is 0.349 e. The summed E-state index contributed by atoms with van der Waals surface area (Å²) in [5, 5.41) is 9.40. The maximum Gasteiger partial charge on any atom is 0.253 e. The minimum Gasteiger partial charge on any atom is -0.349 e. The van der Waals surface area contributed by atoms with E-state index < -0.39 is 10.0 Å². The molecule has 4 atom stereocenters. The summed E-state index contributed by atoms with van der Waals surface area (Å²) in [5.41, 5.74) is 1.78. The summed E-state index contributed by atoms with van der Waals surface area (Å²) in [5.74, 6) is 0.00412. The Kier molecular flexibility index (Phi) is 5.94. The van der Waals surface area contributed by atoms with Gasteiger partial charge in [-0.05, 0) is 75.2 Å². The molecule has 1 aromatic rings. The molecule has 32 heavy (non-hydrogen) atoms. The van der Waals surface area contributed by atoms with Crippen LogP contribution in [0, 0.1) is 5.92 Å². The predicted molar refractivity (Wildman–Crippen MR) is 122 cm³/mol. The molecule has 3 N–H and O–H groups in total. The van der Waals surface area contributed by atoms with E-state index in [2.05, 4.69) is 16.0 Å². The first-order valence-corrected chi connectivity index (χ1v) is 13.4. The normalized spacial score (nSPS) is 30.1. The van der Waals surface area contributed by atoms with Crippen LogP contribution >= 0.6 is 11.6 Å². The van der Waals surface area contributed by atoms with Crippen molar-refractivity contribution in [2.24, 2.45) is 5.92 Å². The van der Waals surface area contributed by atoms with E-state index in [1.807, 2.05) is 0 Å². The van der Waals surface area contributed by atoms with Gasteiger partial charge in [-0.15, -0.1) is 0 Å². The van der Waals surface area contributed by atoms with Crippen LogP contribution in [0.15, 0.2) is 12.1 Å². The summed E-state index contributed by atoms with van der Waals surface area (Å²) < 4.78 is 28.2. The first-order chi connectivity index (χ1) is 15.3. The molecular formula is C22H29ClN4O4S. The van der Waals surface area contributed by atoms with E-state index in [0.29, 0.717) is 29.1 Å². The van der Waals surface area contributed by atoms with Crippen molar-refractivity contribution in [3.63, 3.8) is 0 Å². The van der Waals surface area contributed by atoms with Crippen LogP contribution in [0.1, 0.15) is 54.4 Å². The topological polar surface area (TPSA) is 108 Å². The fourth-order valence-corrected chi connectivity index (χ4v) is 8.43. The minimum atomic E-state index is -3.32. The van der Waals surface area contributed by atoms with Crippen LogP contribution in [0.2, 0.25) is 5.02 Å². The molecule has 0 radical (unpaired) electrons. The quantitative estimate of drug-likeness (QED) is 0.596. The molecule has 3 saturated heterocycles. The van der Waals surface area contributed by atoms with Crippen molar-refractivity contribution < 1.29 is 18.0 Å². The van der Waals surface area contributed by atoms with Gasteiger partial charge in [0, 0.05) is 23.8 Å². The smallest absolute Gasteiger partial charge is 0.253 e. The van der Waals surface area contributed by atoms with Crippen molar-refractivity contribution in [3.05, 3.63) is 28.3 Å². The number of carbonyl (C=O) groups excluding carboxylic acids is 2. The average molecular weight is 481 g/mol. The van der Waals surface area contributed by atoms with Crippen molar-refractivity contribution in [2.45, 2.75) is 63.1 Å². The number of piperidine rings is 2. The van der Waals surface area contributed by atoms with E-state index in [4.69, 9.17) is 11.6 Å². The maximum absolute atomic E-state index is 13.2. The summed E-state index contributed by atoms with van der Waals surface area (Å²) in [6, 6.07) is 3.09. The lowest BCUT2D eigenvalue weighted by molar-refractivity contribution is -0.115. The third-order valence-electron chi connectivity index (χ3n) is 7.23. The Hall–Kier alpha value is -1.68. The molecule has 1 aromatic carbocycles. The number of rotatable bonds is 5. The highest BCUT2D eigenvalue weighted by Gasteiger charge is 2.47. The van der Waals surface area contributed by atoms with Crippen LogP contribution in [-0.4, -0.2) is 61.5 Å². The zero-order valence-electron chi connectivity index (χ0n) is 17.9. The van der Waals surface area contributed by atoms with E-state index in [1.54, 1.807) is 16.4 Å². The molecule has 0 unspecified atom stereocenters. The third-order valence-corrected chi connectivity index (χ3v) is 9.67. The van der Waals surface area contributed by atoms with E-state index in [9.17, 15) is 18.0 Å². The molecular weight excluding hydrogens is 452 g/mol. The second-order valence-electron chi connectivity index (χ2n) is 9.56. The average Bonchev–Trinajstić information content (AvgIpc) is 3.24. The number of carbonyl (C=O) groups is 2. The number of hydrogen-bond donors (Lipinski definition) is 3. The SMILES string of the molecule is O=C1Cc2cc(C(=O)N[C@@H]3C[C@H]4CC[C@@H](C3)N4S(=O)(=O)C[C@@H]3CCCNC3)c(Cl)cc2N1. The highest BCUT2D eigenvalue weighted by Crippen LogP contribution is 2.39. The van der Waals surface area contributed by atoms with Crippen molar-refractivity contribution >= 4 is 39.1 Å². The molecule has 4 aliphatic heterocycles. The monoisotopic (exact) mass is 480 g/mol. The Morgan fingerprint density at radius 2 is 1.94 bits per heavy atom. The molecule has 0 saturated carbocycles. The number of hydrogen-bond acceptors (Lipinski definition) is 5. The molecule has 4 heterocycles. The summed E-state index contributed by atoms with van der Waals surface area (Å²) in [4.78, 5) is 24.6. The number of anilines is 1. The molecule has 0 aliphatic carbocycles. The van der Waals surface area contributed by atoms with Crippen molar-refractivity contribution in [1.82, 2.24) is 14.9 Å². The standard InChI is InChI=1S/C22H29ClN4O4S/c23-19-10-20-14(7-21(28)26-20)6-18(19)22(29)25-15-8-16-3-4-17(9-15)27(16)32(30,31)12-13-2-1-5-24-11-13/h6,10,13,15-17,24H,1-5,7-9,11-12H2,(H,25,29)(H,26,28)/t13-,15-,16-,17+/m1/s1. The molecule has 10 heteroatoms. The lowest BCUT2D eigenvalue weighted by atomic mass is 9.99. The highest BCUT2D eigenvalue weighted by molar-refractivity contribution is 7.89. The van der Waals surface area contributed by atoms with Crippen LogP contribution in [0.25, 0.3) is 0 Å². The van der Waals surface area contributed by atoms with Gasteiger partial charge in [0.25, 0.3) is 5.91 Å². The van der Waals surface area contributed by atoms with Gasteiger partial charge >= 0.3 is 0 Å². The Balaban J connectivity index is 1.25. The molecule has 5 rings (SSSR count). The van der Waals surface area contributed by atoms with Gasteiger partial charge in [-0.2, -0.15) is 4.31 Å². The third kappa shape index (κ3) is 4.27. The van der Waals surface area contributed by atoms with Gasteiger partial charge in [-0.25, -0.2) is 8.42 Å². The number of sulfonamides is 1. The van der Waals surface area contributed by atoms with Gasteiger partial charge in [-0.3, -0.25) is 9.59 Å². The van der Waals surface area contributed by atoms with Crippen LogP contribution in [0.5, 0.6) is 0 Å². The van der Waals surface area contributed by atoms with E-state index >= 15 is 0 Å². The second-order valence-corrected chi connectivity index (χ2v) is 11.9. The maximum atomic E-state index is 13.2. The molecule has 2 bridgehead atoms. The van der Waals surface area contributed by atoms with Gasteiger partial charge < -0.3 is 16.0 Å². The van der Waals surface area contributed by atoms with E-state index in [1.165, 1.54) is 0 Å². The van der Waals surface area contributed by atoms with Crippen LogP contribution in [0.4, 0.5) is 5.69 Å². The lowest BCUT2D eigenvalue weighted by Gasteiger charge is -2.39. The molecule has 0 spiro atoms. The van der Waals surface area contributed by atoms with Crippen molar-refractivity contribution in [2.75, 3.05) is 24.2 Å². The van der Waals surface area contributed by atoms with Gasteiger partial charge in [0.05, 0.1) is 22.8 Å². The highest BCUT2D eigenvalue weighted by atomic mass is 35.5. The molecule has 8 nitrogen and oxygen atoms in total. The fraction of sp³-hybridized carbons (Fsp3) is 0.636. The van der Waals surface area contributed by atoms with Crippen LogP contribution < -0.4 is 16.0 Å². The summed E-state index contributed by atoms with van der Waals surface area (Å²) in [7, 11) is -3.32. The predicted octanol–water partition coefficient (Wildman–Crippen LogP) is 1.89. The van der Waals surface area contributed by atoms with Gasteiger partial charge in [0.2, 0.25) is 15.9 Å². The summed E-state index contributed by atoms with van der Waals surface area (Å²) in [6.45, 7) is 1.73. The van der Waals surface area contributed by atoms with Gasteiger partial charge in [-0.1, -0.05) is 11.6 Å². The Bertz CT molecular complexity index is 1030. The molecule has 4 aliphatic rings. The number of benzene rings is 1. The van der Waals surface area contributed by atoms with Crippen LogP contribution in [0.3, 0.4) is 0 Å². The summed E-state index contributed by atoms with van der Waals surface area (Å²) in [6.07, 6.45) is 5.14. The van der Waals surface area contributed by atoms with E-state index in [0.717, 1.165) is 44.3 Å². The lowest BCUT2D eigenvalue weighted by Crippen LogP contribution is -2.53.